The fourth-order valence-electron chi connectivity index (χ4n) is 2.12. The number of amides is 1. The predicted molar refractivity (Wildman–Crippen MR) is 96.0 cm³/mol. The number of halogens is 2. The van der Waals surface area contributed by atoms with Gasteiger partial charge in [0.15, 0.2) is 0 Å². The SMILES string of the molecule is CC(C)N(CCC(=O)O)C(=O)c1csc(-c2ccc(Cl)cc2Cl)n1. The summed E-state index contributed by atoms with van der Waals surface area (Å²) >= 11 is 13.4. The van der Waals surface area contributed by atoms with Crippen LogP contribution in [0.25, 0.3) is 10.6 Å². The van der Waals surface area contributed by atoms with Crippen molar-refractivity contribution in [3.05, 3.63) is 39.3 Å². The van der Waals surface area contributed by atoms with E-state index < -0.39 is 5.97 Å². The van der Waals surface area contributed by atoms with Gasteiger partial charge in [-0.25, -0.2) is 4.98 Å². The first-order chi connectivity index (χ1) is 11.3. The maximum Gasteiger partial charge on any atom is 0.305 e. The van der Waals surface area contributed by atoms with Gasteiger partial charge in [0.05, 0.1) is 11.4 Å². The summed E-state index contributed by atoms with van der Waals surface area (Å²) in [5.41, 5.74) is 0.979. The molecule has 2 aromatic rings. The van der Waals surface area contributed by atoms with Gasteiger partial charge in [0.25, 0.3) is 5.91 Å². The van der Waals surface area contributed by atoms with Gasteiger partial charge in [-0.05, 0) is 32.0 Å². The Labute approximate surface area is 153 Å². The molecule has 0 radical (unpaired) electrons. The molecule has 0 saturated heterocycles. The number of benzene rings is 1. The third-order valence-electron chi connectivity index (χ3n) is 3.34. The van der Waals surface area contributed by atoms with E-state index in [1.54, 1.807) is 23.6 Å². The summed E-state index contributed by atoms with van der Waals surface area (Å²) in [6.45, 7) is 3.81. The smallest absolute Gasteiger partial charge is 0.305 e. The van der Waals surface area contributed by atoms with E-state index in [1.165, 1.54) is 16.2 Å². The largest absolute Gasteiger partial charge is 0.481 e. The summed E-state index contributed by atoms with van der Waals surface area (Å²) in [5, 5.41) is 12.1. The number of carboxylic acid groups (broad SMARTS) is 1. The quantitative estimate of drug-likeness (QED) is 0.796. The minimum atomic E-state index is -0.944. The highest BCUT2D eigenvalue weighted by Gasteiger charge is 2.22. The number of nitrogens with zero attached hydrogens (tertiary/aromatic N) is 2. The lowest BCUT2D eigenvalue weighted by Gasteiger charge is -2.25. The van der Waals surface area contributed by atoms with E-state index in [1.807, 2.05) is 13.8 Å². The molecule has 1 heterocycles. The summed E-state index contributed by atoms with van der Waals surface area (Å²) in [4.78, 5) is 29.2. The van der Waals surface area contributed by atoms with Crippen molar-refractivity contribution in [2.75, 3.05) is 6.54 Å². The Morgan fingerprint density at radius 3 is 2.62 bits per heavy atom. The normalized spacial score (nSPS) is 10.9. The Bertz CT molecular complexity index is 762. The van der Waals surface area contributed by atoms with Gasteiger partial charge < -0.3 is 10.0 Å². The van der Waals surface area contributed by atoms with Crippen LogP contribution >= 0.6 is 34.5 Å². The van der Waals surface area contributed by atoms with Crippen molar-refractivity contribution in [1.82, 2.24) is 9.88 Å². The molecule has 1 N–H and O–H groups in total. The van der Waals surface area contributed by atoms with Gasteiger partial charge in [0.2, 0.25) is 0 Å². The van der Waals surface area contributed by atoms with Gasteiger partial charge in [0, 0.05) is 28.6 Å². The van der Waals surface area contributed by atoms with E-state index in [0.29, 0.717) is 20.6 Å². The molecule has 2 rings (SSSR count). The van der Waals surface area contributed by atoms with Crippen LogP contribution in [0.4, 0.5) is 0 Å². The summed E-state index contributed by atoms with van der Waals surface area (Å²) < 4.78 is 0. The summed E-state index contributed by atoms with van der Waals surface area (Å²) in [6, 6.07) is 4.96. The Balaban J connectivity index is 2.24. The zero-order valence-corrected chi connectivity index (χ0v) is 15.5. The highest BCUT2D eigenvalue weighted by Crippen LogP contribution is 2.32. The van der Waals surface area contributed by atoms with Crippen LogP contribution in [0.3, 0.4) is 0 Å². The molecule has 0 fully saturated rings. The molecule has 0 aliphatic carbocycles. The monoisotopic (exact) mass is 386 g/mol. The van der Waals surface area contributed by atoms with Gasteiger partial charge >= 0.3 is 5.97 Å². The lowest BCUT2D eigenvalue weighted by Crippen LogP contribution is -2.38. The van der Waals surface area contributed by atoms with Crippen LogP contribution in [-0.2, 0) is 4.79 Å². The number of carboxylic acids is 1. The number of aliphatic carboxylic acids is 1. The van der Waals surface area contributed by atoms with E-state index in [4.69, 9.17) is 28.3 Å². The number of rotatable bonds is 6. The molecule has 1 aromatic carbocycles. The molecule has 128 valence electrons. The van der Waals surface area contributed by atoms with Crippen molar-refractivity contribution in [3.63, 3.8) is 0 Å². The first-order valence-corrected chi connectivity index (χ1v) is 8.87. The van der Waals surface area contributed by atoms with Crippen molar-refractivity contribution in [1.29, 1.82) is 0 Å². The topological polar surface area (TPSA) is 70.5 Å². The Morgan fingerprint density at radius 2 is 2.04 bits per heavy atom. The van der Waals surface area contributed by atoms with E-state index in [2.05, 4.69) is 4.98 Å². The van der Waals surface area contributed by atoms with Crippen LogP contribution in [0.2, 0.25) is 10.0 Å². The molecule has 0 saturated carbocycles. The number of carbonyl (C=O) groups excluding carboxylic acids is 1. The molecule has 0 atom stereocenters. The summed E-state index contributed by atoms with van der Waals surface area (Å²) in [5.74, 6) is -1.24. The standard InChI is InChI=1S/C16H16Cl2N2O3S/c1-9(2)20(6-5-14(21)22)16(23)13-8-24-15(19-13)11-4-3-10(17)7-12(11)18/h3-4,7-9H,5-6H2,1-2H3,(H,21,22). The van der Waals surface area contributed by atoms with Gasteiger partial charge in [-0.1, -0.05) is 23.2 Å². The van der Waals surface area contributed by atoms with Crippen molar-refractivity contribution >= 4 is 46.4 Å². The third kappa shape index (κ3) is 4.47. The first kappa shape index (κ1) is 18.7. The molecule has 1 amide bonds. The van der Waals surface area contributed by atoms with Crippen LogP contribution in [0.5, 0.6) is 0 Å². The second-order valence-electron chi connectivity index (χ2n) is 5.40. The molecule has 0 aliphatic rings. The van der Waals surface area contributed by atoms with Crippen LogP contribution in [0.15, 0.2) is 23.6 Å². The molecule has 24 heavy (non-hydrogen) atoms. The Morgan fingerprint density at radius 1 is 1.33 bits per heavy atom. The highest BCUT2D eigenvalue weighted by molar-refractivity contribution is 7.13. The molecular weight excluding hydrogens is 371 g/mol. The van der Waals surface area contributed by atoms with E-state index in [0.717, 1.165) is 0 Å². The fraction of sp³-hybridized carbons (Fsp3) is 0.312. The van der Waals surface area contributed by atoms with Crippen molar-refractivity contribution in [3.8, 4) is 10.6 Å². The average molecular weight is 387 g/mol. The average Bonchev–Trinajstić information content (AvgIpc) is 2.96. The number of carbonyl (C=O) groups is 2. The zero-order valence-electron chi connectivity index (χ0n) is 13.1. The molecule has 8 heteroatoms. The lowest BCUT2D eigenvalue weighted by molar-refractivity contribution is -0.137. The molecule has 0 bridgehead atoms. The third-order valence-corrected chi connectivity index (χ3v) is 4.76. The van der Waals surface area contributed by atoms with Gasteiger partial charge in [0.1, 0.15) is 10.7 Å². The second-order valence-corrected chi connectivity index (χ2v) is 7.10. The summed E-state index contributed by atoms with van der Waals surface area (Å²) in [7, 11) is 0. The number of aromatic nitrogens is 1. The fourth-order valence-corrected chi connectivity index (χ4v) is 3.50. The predicted octanol–water partition coefficient (Wildman–Crippen LogP) is 4.44. The van der Waals surface area contributed by atoms with Crippen LogP contribution in [0, 0.1) is 0 Å². The molecule has 5 nitrogen and oxygen atoms in total. The molecule has 1 aromatic heterocycles. The molecule has 0 unspecified atom stereocenters. The number of hydrogen-bond acceptors (Lipinski definition) is 4. The van der Waals surface area contributed by atoms with Crippen LogP contribution in [-0.4, -0.2) is 39.5 Å². The minimum absolute atomic E-state index is 0.107. The molecule has 0 aliphatic heterocycles. The second kappa shape index (κ2) is 7.96. The highest BCUT2D eigenvalue weighted by atomic mass is 35.5. The number of hydrogen-bond donors (Lipinski definition) is 1. The van der Waals surface area contributed by atoms with Gasteiger partial charge in [-0.2, -0.15) is 0 Å². The van der Waals surface area contributed by atoms with Crippen molar-refractivity contribution < 1.29 is 14.7 Å². The Hall–Kier alpha value is -1.63. The van der Waals surface area contributed by atoms with Gasteiger partial charge in [-0.15, -0.1) is 11.3 Å². The summed E-state index contributed by atoms with van der Waals surface area (Å²) in [6.07, 6.45) is -0.107. The van der Waals surface area contributed by atoms with Gasteiger partial charge in [-0.3, -0.25) is 9.59 Å². The molecule has 0 spiro atoms. The van der Waals surface area contributed by atoms with E-state index in [-0.39, 0.29) is 30.6 Å². The first-order valence-electron chi connectivity index (χ1n) is 7.23. The maximum absolute atomic E-state index is 12.6. The van der Waals surface area contributed by atoms with E-state index in [9.17, 15) is 9.59 Å². The van der Waals surface area contributed by atoms with Crippen LogP contribution < -0.4 is 0 Å². The lowest BCUT2D eigenvalue weighted by atomic mass is 10.2. The minimum Gasteiger partial charge on any atom is -0.481 e. The number of thiazole rings is 1. The van der Waals surface area contributed by atoms with Crippen LogP contribution in [0.1, 0.15) is 30.8 Å². The Kier molecular flexibility index (Phi) is 6.21. The zero-order chi connectivity index (χ0) is 17.9. The molecular formula is C16H16Cl2N2O3S. The van der Waals surface area contributed by atoms with Crippen molar-refractivity contribution in [2.24, 2.45) is 0 Å². The van der Waals surface area contributed by atoms with Crippen molar-refractivity contribution in [2.45, 2.75) is 26.3 Å². The maximum atomic E-state index is 12.6. The van der Waals surface area contributed by atoms with E-state index >= 15 is 0 Å².